The van der Waals surface area contributed by atoms with Crippen LogP contribution in [0.5, 0.6) is 0 Å². The summed E-state index contributed by atoms with van der Waals surface area (Å²) >= 11 is 1.60. The fraction of sp³-hybridized carbons (Fsp3) is 0.167. The Labute approximate surface area is 152 Å². The highest BCUT2D eigenvalue weighted by molar-refractivity contribution is 7.10. The molecule has 0 spiro atoms. The zero-order chi connectivity index (χ0) is 18.1. The van der Waals surface area contributed by atoms with Gasteiger partial charge in [0.05, 0.1) is 16.9 Å². The van der Waals surface area contributed by atoms with E-state index in [4.69, 9.17) is 0 Å². The maximum absolute atomic E-state index is 14.3. The van der Waals surface area contributed by atoms with Crippen LogP contribution < -0.4 is 10.6 Å². The van der Waals surface area contributed by atoms with Crippen molar-refractivity contribution in [3.05, 3.63) is 46.0 Å². The lowest BCUT2D eigenvalue weighted by molar-refractivity contribution is -0.122. The van der Waals surface area contributed by atoms with Crippen LogP contribution in [0.15, 0.2) is 29.6 Å². The number of aromatic amines is 1. The first-order valence-electron chi connectivity index (χ1n) is 8.09. The van der Waals surface area contributed by atoms with Crippen LogP contribution in [0.25, 0.3) is 23.1 Å². The van der Waals surface area contributed by atoms with E-state index in [9.17, 15) is 14.0 Å². The predicted molar refractivity (Wildman–Crippen MR) is 99.1 cm³/mol. The molecular formula is C18H15FN4O2S. The number of aromatic nitrogens is 2. The Balaban J connectivity index is 1.61. The average molecular weight is 370 g/mol. The quantitative estimate of drug-likeness (QED) is 0.659. The summed E-state index contributed by atoms with van der Waals surface area (Å²) in [5.74, 6) is -1.15. The summed E-state index contributed by atoms with van der Waals surface area (Å²) in [6, 6.07) is 6.17. The first-order valence-corrected chi connectivity index (χ1v) is 8.97. The Morgan fingerprint density at radius 3 is 3.00 bits per heavy atom. The lowest BCUT2D eigenvalue weighted by Gasteiger charge is -2.11. The minimum atomic E-state index is -0.625. The summed E-state index contributed by atoms with van der Waals surface area (Å²) in [5, 5.41) is 14.8. The van der Waals surface area contributed by atoms with Crippen LogP contribution in [-0.4, -0.2) is 28.1 Å². The molecule has 2 aromatic heterocycles. The minimum absolute atomic E-state index is 0.0656. The van der Waals surface area contributed by atoms with Crippen LogP contribution in [0.3, 0.4) is 0 Å². The molecule has 132 valence electrons. The van der Waals surface area contributed by atoms with Gasteiger partial charge in [-0.2, -0.15) is 5.10 Å². The van der Waals surface area contributed by atoms with E-state index < -0.39 is 17.8 Å². The Kier molecular flexibility index (Phi) is 4.26. The largest absolute Gasteiger partial charge is 0.344 e. The van der Waals surface area contributed by atoms with Gasteiger partial charge in [-0.15, -0.1) is 11.3 Å². The first-order chi connectivity index (χ1) is 12.6. The Hall–Kier alpha value is -3.00. The number of carbonyl (C=O) groups is 2. The summed E-state index contributed by atoms with van der Waals surface area (Å²) in [6.45, 7) is 0. The maximum atomic E-state index is 14.3. The summed E-state index contributed by atoms with van der Waals surface area (Å²) in [5.41, 5.74) is 1.26. The molecule has 0 radical (unpaired) electrons. The van der Waals surface area contributed by atoms with E-state index >= 15 is 0 Å². The molecule has 2 amide bonds. The fourth-order valence-electron chi connectivity index (χ4n) is 2.86. The second-order valence-electron chi connectivity index (χ2n) is 5.98. The van der Waals surface area contributed by atoms with Crippen molar-refractivity contribution in [2.45, 2.75) is 18.9 Å². The second kappa shape index (κ2) is 6.72. The third kappa shape index (κ3) is 3.23. The maximum Gasteiger partial charge on any atom is 0.247 e. The van der Waals surface area contributed by atoms with E-state index in [1.54, 1.807) is 17.4 Å². The molecule has 4 rings (SSSR count). The molecule has 3 N–H and O–H groups in total. The normalized spacial score (nSPS) is 17.1. The number of H-pyrrole nitrogens is 1. The number of carbonyl (C=O) groups excluding carboxylic acids is 2. The molecule has 6 nitrogen and oxygen atoms in total. The van der Waals surface area contributed by atoms with Crippen LogP contribution in [0.4, 0.5) is 10.1 Å². The number of hydrogen-bond acceptors (Lipinski definition) is 4. The summed E-state index contributed by atoms with van der Waals surface area (Å²) in [6.07, 6.45) is 4.48. The van der Waals surface area contributed by atoms with E-state index in [0.29, 0.717) is 29.4 Å². The van der Waals surface area contributed by atoms with Gasteiger partial charge >= 0.3 is 0 Å². The van der Waals surface area contributed by atoms with Crippen LogP contribution in [0.2, 0.25) is 0 Å². The van der Waals surface area contributed by atoms with Crippen LogP contribution in [-0.2, 0) is 9.59 Å². The molecule has 1 atom stereocenters. The van der Waals surface area contributed by atoms with E-state index in [-0.39, 0.29) is 11.6 Å². The molecule has 1 fully saturated rings. The number of amides is 2. The van der Waals surface area contributed by atoms with Crippen molar-refractivity contribution in [3.63, 3.8) is 0 Å². The SMILES string of the molecule is O=C1CC[C@@H](C(=O)Nc2cc3c(/C=C/c4cccs4)n[nH]c3cc2F)N1. The highest BCUT2D eigenvalue weighted by Gasteiger charge is 2.27. The van der Waals surface area contributed by atoms with Gasteiger partial charge in [0.25, 0.3) is 0 Å². The number of rotatable bonds is 4. The summed E-state index contributed by atoms with van der Waals surface area (Å²) in [7, 11) is 0. The number of halogens is 1. The average Bonchev–Trinajstić information content (AvgIpc) is 3.34. The lowest BCUT2D eigenvalue weighted by Crippen LogP contribution is -2.37. The van der Waals surface area contributed by atoms with E-state index in [2.05, 4.69) is 20.8 Å². The fourth-order valence-corrected chi connectivity index (χ4v) is 3.48. The van der Waals surface area contributed by atoms with Gasteiger partial charge in [0, 0.05) is 22.8 Å². The van der Waals surface area contributed by atoms with E-state index in [1.807, 2.05) is 29.7 Å². The van der Waals surface area contributed by atoms with E-state index in [1.165, 1.54) is 6.07 Å². The number of nitrogens with one attached hydrogen (secondary N) is 3. The molecule has 26 heavy (non-hydrogen) atoms. The van der Waals surface area contributed by atoms with Crippen molar-refractivity contribution < 1.29 is 14.0 Å². The molecule has 1 aliphatic rings. The molecule has 0 saturated carbocycles. The molecular weight excluding hydrogens is 355 g/mol. The van der Waals surface area contributed by atoms with Crippen molar-refractivity contribution in [2.24, 2.45) is 0 Å². The monoisotopic (exact) mass is 370 g/mol. The molecule has 3 heterocycles. The standard InChI is InChI=1S/C18H15FN4O2S/c19-12-9-15-11(13(22-23-15)4-3-10-2-1-7-26-10)8-16(12)21-18(25)14-5-6-17(24)20-14/h1-4,7-9,14H,5-6H2,(H,20,24)(H,21,25)(H,22,23)/b4-3+/t14-/m0/s1. The van der Waals surface area contributed by atoms with Crippen molar-refractivity contribution in [2.75, 3.05) is 5.32 Å². The number of hydrogen-bond donors (Lipinski definition) is 3. The predicted octanol–water partition coefficient (Wildman–Crippen LogP) is 3.15. The Morgan fingerprint density at radius 2 is 2.27 bits per heavy atom. The minimum Gasteiger partial charge on any atom is -0.344 e. The molecule has 1 aromatic carbocycles. The third-order valence-electron chi connectivity index (χ3n) is 4.20. The van der Waals surface area contributed by atoms with Gasteiger partial charge in [0.15, 0.2) is 0 Å². The lowest BCUT2D eigenvalue weighted by atomic mass is 10.1. The van der Waals surface area contributed by atoms with Gasteiger partial charge in [0.1, 0.15) is 11.9 Å². The molecule has 1 saturated heterocycles. The molecule has 1 aliphatic heterocycles. The number of fused-ring (bicyclic) bond motifs is 1. The summed E-state index contributed by atoms with van der Waals surface area (Å²) < 4.78 is 14.3. The van der Waals surface area contributed by atoms with Gasteiger partial charge < -0.3 is 10.6 Å². The van der Waals surface area contributed by atoms with Gasteiger partial charge in [-0.25, -0.2) is 4.39 Å². The number of nitrogens with zero attached hydrogens (tertiary/aromatic N) is 1. The van der Waals surface area contributed by atoms with E-state index in [0.717, 1.165) is 4.88 Å². The van der Waals surface area contributed by atoms with Gasteiger partial charge in [-0.1, -0.05) is 6.07 Å². The van der Waals surface area contributed by atoms with Crippen LogP contribution in [0.1, 0.15) is 23.4 Å². The zero-order valence-corrected chi connectivity index (χ0v) is 14.4. The highest BCUT2D eigenvalue weighted by atomic mass is 32.1. The van der Waals surface area contributed by atoms with Crippen molar-refractivity contribution in [3.8, 4) is 0 Å². The van der Waals surface area contributed by atoms with Crippen LogP contribution >= 0.6 is 11.3 Å². The zero-order valence-electron chi connectivity index (χ0n) is 13.6. The van der Waals surface area contributed by atoms with Gasteiger partial charge in [-0.3, -0.25) is 14.7 Å². The van der Waals surface area contributed by atoms with Crippen LogP contribution in [0, 0.1) is 5.82 Å². The van der Waals surface area contributed by atoms with Crippen molar-refractivity contribution >= 4 is 51.9 Å². The second-order valence-corrected chi connectivity index (χ2v) is 6.96. The third-order valence-corrected chi connectivity index (χ3v) is 5.04. The molecule has 8 heteroatoms. The van der Waals surface area contributed by atoms with Crippen molar-refractivity contribution in [1.29, 1.82) is 0 Å². The molecule has 0 unspecified atom stereocenters. The Morgan fingerprint density at radius 1 is 1.38 bits per heavy atom. The first kappa shape index (κ1) is 16.5. The summed E-state index contributed by atoms with van der Waals surface area (Å²) in [4.78, 5) is 24.5. The van der Waals surface area contributed by atoms with Crippen molar-refractivity contribution in [1.82, 2.24) is 15.5 Å². The molecule has 0 aliphatic carbocycles. The Bertz CT molecular complexity index is 1010. The number of benzene rings is 1. The smallest absolute Gasteiger partial charge is 0.247 e. The molecule has 3 aromatic rings. The number of thiophene rings is 1. The number of anilines is 1. The van der Waals surface area contributed by atoms with Gasteiger partial charge in [0.2, 0.25) is 11.8 Å². The molecule has 0 bridgehead atoms. The van der Waals surface area contributed by atoms with Gasteiger partial charge in [-0.05, 0) is 36.1 Å². The highest BCUT2D eigenvalue weighted by Crippen LogP contribution is 2.26. The topological polar surface area (TPSA) is 86.9 Å².